The minimum absolute atomic E-state index is 0.138. The predicted molar refractivity (Wildman–Crippen MR) is 58.7 cm³/mol. The Morgan fingerprint density at radius 1 is 1.62 bits per heavy atom. The van der Waals surface area contributed by atoms with Crippen LogP contribution in [0, 0.1) is 0 Å². The molecule has 2 N–H and O–H groups in total. The van der Waals surface area contributed by atoms with Gasteiger partial charge in [-0.1, -0.05) is 0 Å². The van der Waals surface area contributed by atoms with Crippen molar-refractivity contribution in [3.63, 3.8) is 0 Å². The molecule has 2 aromatic heterocycles. The van der Waals surface area contributed by atoms with Crippen molar-refractivity contribution < 1.29 is 4.74 Å². The van der Waals surface area contributed by atoms with E-state index >= 15 is 0 Å². The summed E-state index contributed by atoms with van der Waals surface area (Å²) in [6.45, 7) is 1.43. The minimum Gasteiger partial charge on any atom is -0.379 e. The number of rotatable bonds is 2. The highest BCUT2D eigenvalue weighted by molar-refractivity contribution is 5.67. The lowest BCUT2D eigenvalue weighted by Crippen LogP contribution is -2.20. The van der Waals surface area contributed by atoms with Gasteiger partial charge in [-0.15, -0.1) is 0 Å². The SMILES string of the molecule is O=c1[nH]ccn2cnc(NC3CCOC3)c12. The molecule has 0 radical (unpaired) electrons. The van der Waals surface area contributed by atoms with Crippen molar-refractivity contribution in [1.82, 2.24) is 14.4 Å². The van der Waals surface area contributed by atoms with Gasteiger partial charge in [0.05, 0.1) is 12.6 Å². The topological polar surface area (TPSA) is 71.4 Å². The highest BCUT2D eigenvalue weighted by Crippen LogP contribution is 2.15. The van der Waals surface area contributed by atoms with Crippen LogP contribution in [0.5, 0.6) is 0 Å². The van der Waals surface area contributed by atoms with Crippen molar-refractivity contribution in [1.29, 1.82) is 0 Å². The highest BCUT2D eigenvalue weighted by Gasteiger charge is 2.18. The van der Waals surface area contributed by atoms with Gasteiger partial charge in [0, 0.05) is 19.0 Å². The average molecular weight is 220 g/mol. The summed E-state index contributed by atoms with van der Waals surface area (Å²) < 4.78 is 6.97. The molecule has 1 saturated heterocycles. The molecule has 1 atom stereocenters. The van der Waals surface area contributed by atoms with E-state index < -0.39 is 0 Å². The number of hydrogen-bond acceptors (Lipinski definition) is 4. The van der Waals surface area contributed by atoms with Crippen LogP contribution in [0.2, 0.25) is 0 Å². The monoisotopic (exact) mass is 220 g/mol. The van der Waals surface area contributed by atoms with Crippen molar-refractivity contribution in [3.05, 3.63) is 29.1 Å². The van der Waals surface area contributed by atoms with Gasteiger partial charge in [-0.05, 0) is 6.42 Å². The van der Waals surface area contributed by atoms with Crippen LogP contribution in [0.3, 0.4) is 0 Å². The molecule has 1 unspecified atom stereocenters. The van der Waals surface area contributed by atoms with Gasteiger partial charge < -0.3 is 15.0 Å². The molecule has 1 aliphatic rings. The van der Waals surface area contributed by atoms with E-state index in [0.29, 0.717) is 17.9 Å². The van der Waals surface area contributed by atoms with Crippen molar-refractivity contribution in [2.24, 2.45) is 0 Å². The van der Waals surface area contributed by atoms with Gasteiger partial charge in [0.2, 0.25) is 0 Å². The van der Waals surface area contributed by atoms with Crippen molar-refractivity contribution in [2.45, 2.75) is 12.5 Å². The fraction of sp³-hybridized carbons (Fsp3) is 0.400. The molecule has 1 aliphatic heterocycles. The summed E-state index contributed by atoms with van der Waals surface area (Å²) in [5.41, 5.74) is 0.413. The van der Waals surface area contributed by atoms with E-state index in [1.54, 1.807) is 23.1 Å². The van der Waals surface area contributed by atoms with E-state index in [4.69, 9.17) is 4.74 Å². The Bertz CT molecular complexity index is 553. The average Bonchev–Trinajstić information content (AvgIpc) is 2.90. The molecule has 0 aliphatic carbocycles. The number of anilines is 1. The predicted octanol–water partition coefficient (Wildman–Crippen LogP) is 0.223. The number of H-pyrrole nitrogens is 1. The van der Waals surface area contributed by atoms with Crippen LogP contribution in [-0.4, -0.2) is 33.6 Å². The quantitative estimate of drug-likeness (QED) is 0.759. The Labute approximate surface area is 91.3 Å². The molecule has 6 heteroatoms. The first-order chi connectivity index (χ1) is 7.84. The van der Waals surface area contributed by atoms with Crippen molar-refractivity contribution >= 4 is 11.3 Å². The van der Waals surface area contributed by atoms with Gasteiger partial charge in [-0.25, -0.2) is 4.98 Å². The molecule has 0 bridgehead atoms. The summed E-state index contributed by atoms with van der Waals surface area (Å²) in [4.78, 5) is 18.5. The first-order valence-electron chi connectivity index (χ1n) is 5.23. The van der Waals surface area contributed by atoms with Crippen LogP contribution in [-0.2, 0) is 4.74 Å². The molecular weight excluding hydrogens is 208 g/mol. The Morgan fingerprint density at radius 3 is 3.38 bits per heavy atom. The van der Waals surface area contributed by atoms with Gasteiger partial charge >= 0.3 is 0 Å². The number of aromatic nitrogens is 3. The lowest BCUT2D eigenvalue weighted by Gasteiger charge is -2.08. The number of imidazole rings is 1. The maximum atomic E-state index is 11.6. The second kappa shape index (κ2) is 3.64. The van der Waals surface area contributed by atoms with Gasteiger partial charge in [0.1, 0.15) is 6.33 Å². The summed E-state index contributed by atoms with van der Waals surface area (Å²) in [6, 6.07) is 0.248. The maximum Gasteiger partial charge on any atom is 0.276 e. The molecule has 0 amide bonds. The molecule has 0 spiro atoms. The lowest BCUT2D eigenvalue weighted by atomic mass is 10.2. The second-order valence-electron chi connectivity index (χ2n) is 3.84. The van der Waals surface area contributed by atoms with Crippen LogP contribution in [0.25, 0.3) is 5.52 Å². The van der Waals surface area contributed by atoms with Crippen LogP contribution < -0.4 is 10.9 Å². The molecule has 16 heavy (non-hydrogen) atoms. The highest BCUT2D eigenvalue weighted by atomic mass is 16.5. The number of fused-ring (bicyclic) bond motifs is 1. The largest absolute Gasteiger partial charge is 0.379 e. The smallest absolute Gasteiger partial charge is 0.276 e. The van der Waals surface area contributed by atoms with Gasteiger partial charge in [-0.3, -0.25) is 9.20 Å². The van der Waals surface area contributed by atoms with E-state index in [1.165, 1.54) is 0 Å². The molecule has 0 saturated carbocycles. The van der Waals surface area contributed by atoms with E-state index in [9.17, 15) is 4.79 Å². The third kappa shape index (κ3) is 1.47. The zero-order chi connectivity index (χ0) is 11.0. The summed E-state index contributed by atoms with van der Waals surface area (Å²) in [5.74, 6) is 0.623. The Kier molecular flexibility index (Phi) is 2.14. The standard InChI is InChI=1S/C10H12N4O2/c15-10-8-9(13-7-1-4-16-5-7)12-6-14(8)3-2-11-10/h2-3,6-7,13H,1,4-5H2,(H,11,15). The Balaban J connectivity index is 2.00. The van der Waals surface area contributed by atoms with Gasteiger partial charge in [0.25, 0.3) is 5.56 Å². The van der Waals surface area contributed by atoms with E-state index in [1.807, 2.05) is 0 Å². The van der Waals surface area contributed by atoms with Crippen molar-refractivity contribution in [2.75, 3.05) is 18.5 Å². The first-order valence-corrected chi connectivity index (χ1v) is 5.23. The summed E-state index contributed by atoms with van der Waals surface area (Å²) in [7, 11) is 0. The summed E-state index contributed by atoms with van der Waals surface area (Å²) >= 11 is 0. The van der Waals surface area contributed by atoms with E-state index in [2.05, 4.69) is 15.3 Å². The normalized spacial score (nSPS) is 20.4. The van der Waals surface area contributed by atoms with Crippen LogP contribution in [0.15, 0.2) is 23.5 Å². The third-order valence-electron chi connectivity index (χ3n) is 2.73. The van der Waals surface area contributed by atoms with Crippen LogP contribution in [0.4, 0.5) is 5.82 Å². The zero-order valence-corrected chi connectivity index (χ0v) is 8.64. The van der Waals surface area contributed by atoms with Crippen LogP contribution >= 0.6 is 0 Å². The zero-order valence-electron chi connectivity index (χ0n) is 8.64. The van der Waals surface area contributed by atoms with Gasteiger partial charge in [-0.2, -0.15) is 0 Å². The minimum atomic E-state index is -0.138. The summed E-state index contributed by atoms with van der Waals surface area (Å²) in [5, 5.41) is 3.23. The third-order valence-corrected chi connectivity index (χ3v) is 2.73. The number of ether oxygens (including phenoxy) is 1. The first kappa shape index (κ1) is 9.41. The van der Waals surface area contributed by atoms with Crippen molar-refractivity contribution in [3.8, 4) is 0 Å². The Hall–Kier alpha value is -1.82. The van der Waals surface area contributed by atoms with Crippen LogP contribution in [0.1, 0.15) is 6.42 Å². The van der Waals surface area contributed by atoms with Gasteiger partial charge in [0.15, 0.2) is 11.3 Å². The molecule has 6 nitrogen and oxygen atoms in total. The fourth-order valence-electron chi connectivity index (χ4n) is 1.91. The Morgan fingerprint density at radius 2 is 2.56 bits per heavy atom. The molecule has 84 valence electrons. The fourth-order valence-corrected chi connectivity index (χ4v) is 1.91. The molecule has 3 heterocycles. The molecule has 3 rings (SSSR count). The van der Waals surface area contributed by atoms with E-state index in [0.717, 1.165) is 13.0 Å². The summed E-state index contributed by atoms with van der Waals surface area (Å²) in [6.07, 6.45) is 5.94. The van der Waals surface area contributed by atoms with E-state index in [-0.39, 0.29) is 11.6 Å². The number of nitrogens with zero attached hydrogens (tertiary/aromatic N) is 2. The molecular formula is C10H12N4O2. The number of aromatic amines is 1. The number of hydrogen-bond donors (Lipinski definition) is 2. The maximum absolute atomic E-state index is 11.6. The molecule has 1 fully saturated rings. The second-order valence-corrected chi connectivity index (χ2v) is 3.84. The molecule has 0 aromatic carbocycles. The lowest BCUT2D eigenvalue weighted by molar-refractivity contribution is 0.195. The molecule has 2 aromatic rings. The number of nitrogens with one attached hydrogen (secondary N) is 2.